The first kappa shape index (κ1) is 18.7. The van der Waals surface area contributed by atoms with E-state index in [0.717, 1.165) is 32.2 Å². The lowest BCUT2D eigenvalue weighted by Crippen LogP contribution is -2.03. The molecular formula is C26H24BrNO. The Balaban J connectivity index is 1.61. The fraction of sp³-hybridized carbons (Fsp3) is 0.231. The number of hydrogen-bond donors (Lipinski definition) is 2. The number of aliphatic hydroxyl groups is 1. The molecule has 0 spiro atoms. The Morgan fingerprint density at radius 1 is 0.690 bits per heavy atom. The molecule has 0 aliphatic rings. The molecule has 0 aromatic heterocycles. The van der Waals surface area contributed by atoms with Crippen molar-refractivity contribution in [2.24, 2.45) is 0 Å². The number of nitrogens with one attached hydrogen (secondary N) is 1. The quantitative estimate of drug-likeness (QED) is 0.118. The Bertz CT molecular complexity index is 1290. The van der Waals surface area contributed by atoms with E-state index < -0.39 is 0 Å². The van der Waals surface area contributed by atoms with Gasteiger partial charge in [0.05, 0.1) is 0 Å². The second kappa shape index (κ2) is 7.81. The lowest BCUT2D eigenvalue weighted by Gasteiger charge is -2.18. The lowest BCUT2D eigenvalue weighted by atomic mass is 9.89. The van der Waals surface area contributed by atoms with E-state index in [1.54, 1.807) is 0 Å². The van der Waals surface area contributed by atoms with Crippen LogP contribution in [0.4, 0.5) is 5.69 Å². The zero-order valence-corrected chi connectivity index (χ0v) is 17.9. The number of benzene rings is 5. The van der Waals surface area contributed by atoms with Crippen LogP contribution in [0.15, 0.2) is 66.7 Å². The third-order valence-electron chi connectivity index (χ3n) is 5.94. The lowest BCUT2D eigenvalue weighted by molar-refractivity contribution is 0.254. The largest absolute Gasteiger partial charge is 0.385 e. The number of halogens is 1. The minimum Gasteiger partial charge on any atom is -0.385 e. The SMILES string of the molecule is OC(Br)CCCCCNc1ccc2cccc3c4cccc5cccc(c1c23)c54. The van der Waals surface area contributed by atoms with Crippen LogP contribution in [0.5, 0.6) is 0 Å². The third kappa shape index (κ3) is 3.33. The highest BCUT2D eigenvalue weighted by Crippen LogP contribution is 2.42. The maximum absolute atomic E-state index is 9.34. The Morgan fingerprint density at radius 2 is 1.34 bits per heavy atom. The summed E-state index contributed by atoms with van der Waals surface area (Å²) in [6, 6.07) is 24.4. The summed E-state index contributed by atoms with van der Waals surface area (Å²) in [6.45, 7) is 0.941. The normalized spacial score (nSPS) is 13.0. The molecule has 146 valence electrons. The minimum absolute atomic E-state index is 0.376. The van der Waals surface area contributed by atoms with Crippen LogP contribution in [0.2, 0.25) is 0 Å². The van der Waals surface area contributed by atoms with Gasteiger partial charge in [-0.15, -0.1) is 0 Å². The monoisotopic (exact) mass is 445 g/mol. The summed E-state index contributed by atoms with van der Waals surface area (Å²) in [4.78, 5) is 0. The highest BCUT2D eigenvalue weighted by Gasteiger charge is 2.15. The van der Waals surface area contributed by atoms with Gasteiger partial charge in [-0.2, -0.15) is 0 Å². The number of rotatable bonds is 7. The fourth-order valence-electron chi connectivity index (χ4n) is 4.64. The summed E-state index contributed by atoms with van der Waals surface area (Å²) >= 11 is 3.20. The highest BCUT2D eigenvalue weighted by atomic mass is 79.9. The second-order valence-corrected chi connectivity index (χ2v) is 8.87. The molecule has 0 radical (unpaired) electrons. The first-order chi connectivity index (χ1) is 14.2. The van der Waals surface area contributed by atoms with Crippen molar-refractivity contribution < 1.29 is 5.11 Å². The van der Waals surface area contributed by atoms with Crippen LogP contribution < -0.4 is 5.32 Å². The number of alkyl halides is 1. The van der Waals surface area contributed by atoms with Gasteiger partial charge in [0, 0.05) is 17.6 Å². The fourth-order valence-corrected chi connectivity index (χ4v) is 4.97. The maximum Gasteiger partial charge on any atom is 0.109 e. The van der Waals surface area contributed by atoms with E-state index in [9.17, 15) is 5.11 Å². The molecule has 0 saturated carbocycles. The average Bonchev–Trinajstić information content (AvgIpc) is 2.74. The zero-order valence-electron chi connectivity index (χ0n) is 16.3. The maximum atomic E-state index is 9.34. The van der Waals surface area contributed by atoms with Crippen LogP contribution in [-0.4, -0.2) is 16.7 Å². The highest BCUT2D eigenvalue weighted by molar-refractivity contribution is 9.09. The van der Waals surface area contributed by atoms with Crippen molar-refractivity contribution >= 4 is 64.7 Å². The molecule has 0 aliphatic carbocycles. The first-order valence-electron chi connectivity index (χ1n) is 10.4. The molecule has 3 heteroatoms. The van der Waals surface area contributed by atoms with Crippen molar-refractivity contribution in [1.82, 2.24) is 0 Å². The van der Waals surface area contributed by atoms with Gasteiger partial charge in [-0.05, 0) is 63.0 Å². The standard InChI is InChI=1S/C26H24BrNO/c27-23(29)13-2-1-3-16-28-22-15-14-18-9-5-11-20-19-10-4-7-17-8-6-12-21(24(17)19)26(22)25(18)20/h4-12,14-15,23,28-29H,1-3,13,16H2. The molecule has 1 atom stereocenters. The molecule has 29 heavy (non-hydrogen) atoms. The van der Waals surface area contributed by atoms with Gasteiger partial charge in [0.15, 0.2) is 0 Å². The summed E-state index contributed by atoms with van der Waals surface area (Å²) in [6.07, 6.45) is 4.06. The molecule has 0 bridgehead atoms. The number of anilines is 1. The number of aliphatic hydroxyl groups excluding tert-OH is 1. The van der Waals surface area contributed by atoms with Crippen molar-refractivity contribution in [2.45, 2.75) is 30.7 Å². The van der Waals surface area contributed by atoms with Crippen molar-refractivity contribution in [3.05, 3.63) is 66.7 Å². The summed E-state index contributed by atoms with van der Waals surface area (Å²) in [7, 11) is 0. The zero-order chi connectivity index (χ0) is 19.8. The topological polar surface area (TPSA) is 32.3 Å². The van der Waals surface area contributed by atoms with E-state index in [2.05, 4.69) is 88.0 Å². The van der Waals surface area contributed by atoms with Crippen molar-refractivity contribution in [2.75, 3.05) is 11.9 Å². The number of unbranched alkanes of at least 4 members (excludes halogenated alkanes) is 2. The molecule has 5 aromatic rings. The van der Waals surface area contributed by atoms with Crippen LogP contribution in [-0.2, 0) is 0 Å². The van der Waals surface area contributed by atoms with E-state index in [-0.39, 0.29) is 5.01 Å². The molecule has 0 fully saturated rings. The number of hydrogen-bond acceptors (Lipinski definition) is 2. The molecule has 2 N–H and O–H groups in total. The van der Waals surface area contributed by atoms with E-state index in [1.807, 2.05) is 0 Å². The van der Waals surface area contributed by atoms with Crippen LogP contribution in [0.1, 0.15) is 25.7 Å². The van der Waals surface area contributed by atoms with E-state index in [0.29, 0.717) is 0 Å². The van der Waals surface area contributed by atoms with Gasteiger partial charge in [-0.1, -0.05) is 83.0 Å². The van der Waals surface area contributed by atoms with E-state index in [1.165, 1.54) is 48.8 Å². The van der Waals surface area contributed by atoms with Gasteiger partial charge in [-0.25, -0.2) is 0 Å². The van der Waals surface area contributed by atoms with Crippen molar-refractivity contribution in [3.8, 4) is 0 Å². The molecule has 2 nitrogen and oxygen atoms in total. The Labute approximate surface area is 179 Å². The summed E-state index contributed by atoms with van der Waals surface area (Å²) in [5.41, 5.74) is 1.22. The summed E-state index contributed by atoms with van der Waals surface area (Å²) in [5, 5.41) is 23.3. The van der Waals surface area contributed by atoms with Crippen molar-refractivity contribution in [1.29, 1.82) is 0 Å². The summed E-state index contributed by atoms with van der Waals surface area (Å²) < 4.78 is 0. The van der Waals surface area contributed by atoms with Gasteiger partial charge in [-0.3, -0.25) is 0 Å². The second-order valence-electron chi connectivity index (χ2n) is 7.81. The van der Waals surface area contributed by atoms with E-state index in [4.69, 9.17) is 0 Å². The van der Waals surface area contributed by atoms with Gasteiger partial charge in [0.1, 0.15) is 5.01 Å². The predicted octanol–water partition coefficient (Wildman–Crippen LogP) is 7.42. The van der Waals surface area contributed by atoms with Crippen LogP contribution in [0, 0.1) is 0 Å². The van der Waals surface area contributed by atoms with Gasteiger partial charge < -0.3 is 10.4 Å². The summed E-state index contributed by atoms with van der Waals surface area (Å²) in [5.74, 6) is 0. The van der Waals surface area contributed by atoms with Crippen LogP contribution in [0.3, 0.4) is 0 Å². The Kier molecular flexibility index (Phi) is 5.03. The Morgan fingerprint density at radius 3 is 2.07 bits per heavy atom. The van der Waals surface area contributed by atoms with Crippen LogP contribution >= 0.6 is 15.9 Å². The van der Waals surface area contributed by atoms with Gasteiger partial charge in [0.2, 0.25) is 0 Å². The molecule has 5 aromatic carbocycles. The first-order valence-corrected chi connectivity index (χ1v) is 11.3. The smallest absolute Gasteiger partial charge is 0.109 e. The Hall–Kier alpha value is -2.36. The minimum atomic E-state index is -0.376. The van der Waals surface area contributed by atoms with Crippen molar-refractivity contribution in [3.63, 3.8) is 0 Å². The number of fused-ring (bicyclic) bond motifs is 2. The molecule has 0 aliphatic heterocycles. The van der Waals surface area contributed by atoms with Gasteiger partial charge >= 0.3 is 0 Å². The molecule has 0 amide bonds. The molecule has 0 heterocycles. The predicted molar refractivity (Wildman–Crippen MR) is 130 cm³/mol. The molecule has 5 rings (SSSR count). The van der Waals surface area contributed by atoms with E-state index >= 15 is 0 Å². The van der Waals surface area contributed by atoms with Gasteiger partial charge in [0.25, 0.3) is 0 Å². The van der Waals surface area contributed by atoms with Crippen LogP contribution in [0.25, 0.3) is 43.1 Å². The molecule has 1 unspecified atom stereocenters. The molecule has 0 saturated heterocycles. The molecular weight excluding hydrogens is 422 g/mol. The third-order valence-corrected chi connectivity index (χ3v) is 6.40. The average molecular weight is 446 g/mol.